The summed E-state index contributed by atoms with van der Waals surface area (Å²) in [4.78, 5) is 87.0. The molecule has 0 bridgehead atoms. The fraction of sp³-hybridized carbons (Fsp3) is 0.279. The van der Waals surface area contributed by atoms with Crippen molar-refractivity contribution in [1.82, 2.24) is 0 Å². The Bertz CT molecular complexity index is 3260. The first-order valence-electron chi connectivity index (χ1n) is 25.3. The van der Waals surface area contributed by atoms with E-state index in [1.807, 2.05) is 41.5 Å². The highest BCUT2D eigenvalue weighted by atomic mass is 32.2. The average Bonchev–Trinajstić information content (AvgIpc) is 3.50. The summed E-state index contributed by atoms with van der Waals surface area (Å²) in [7, 11) is -1.72. The van der Waals surface area contributed by atoms with E-state index in [0.717, 1.165) is 52.1 Å². The second-order valence-electron chi connectivity index (χ2n) is 18.7. The molecule has 0 amide bonds. The molecule has 20 nitrogen and oxygen atoms in total. The molecule has 0 spiro atoms. The van der Waals surface area contributed by atoms with Crippen molar-refractivity contribution >= 4 is 58.4 Å². The van der Waals surface area contributed by atoms with Crippen LogP contribution in [-0.2, 0) is 52.4 Å². The van der Waals surface area contributed by atoms with E-state index < -0.39 is 95.8 Å². The van der Waals surface area contributed by atoms with Crippen LogP contribution in [0.5, 0.6) is 0 Å². The molecule has 0 saturated carbocycles. The largest absolute Gasteiger partial charge is 0.459 e. The van der Waals surface area contributed by atoms with Gasteiger partial charge in [-0.2, -0.15) is 8.42 Å². The highest BCUT2D eigenvalue weighted by Crippen LogP contribution is 2.22. The van der Waals surface area contributed by atoms with Gasteiger partial charge in [-0.1, -0.05) is 116 Å². The van der Waals surface area contributed by atoms with Gasteiger partial charge in [0.05, 0.1) is 52.1 Å². The number of nitrogens with zero attached hydrogens (tertiary/aromatic N) is 2. The summed E-state index contributed by atoms with van der Waals surface area (Å²) in [6, 6.07) is 39.2. The third kappa shape index (κ3) is 20.6. The van der Waals surface area contributed by atoms with Gasteiger partial charge < -0.3 is 43.2 Å². The molecule has 432 valence electrons. The zero-order chi connectivity index (χ0) is 59.9. The van der Waals surface area contributed by atoms with Crippen molar-refractivity contribution in [2.75, 3.05) is 33.7 Å². The standard InChI is InChI=1S/C31H33NO10S.C30H31NO8/c1-20-6-12-23(13-7-20)29(33)39-19-27(42-43(5,36)37)28(41-31(35)25-16-10-22(3)11-17-25)26(18-32-38-4)40-30(34)24-14-8-21(2)9-15-24;1-19-5-11-22(12-6-19)28(33)37-18-25(32)27(39-30(35)24-15-9-21(3)10-16-24)26(17-31-36-4)38-29(34)23-13-7-20(2)8-14-23/h6-18,26-28H,19H2,1-5H3;5-17,25-27,32H,18H2,1-4H3/t26-,27-,28+;25-,26-,27-/m11/s1. The van der Waals surface area contributed by atoms with Gasteiger partial charge in [-0.05, 0) is 114 Å². The van der Waals surface area contributed by atoms with Crippen LogP contribution in [0.25, 0.3) is 0 Å². The van der Waals surface area contributed by atoms with E-state index in [2.05, 4.69) is 10.3 Å². The van der Waals surface area contributed by atoms with Crippen molar-refractivity contribution in [2.24, 2.45) is 10.3 Å². The number of esters is 6. The molecular formula is C61H64N2O18S. The zero-order valence-electron chi connectivity index (χ0n) is 46.6. The molecule has 6 aromatic rings. The molecule has 0 fully saturated rings. The van der Waals surface area contributed by atoms with Gasteiger partial charge >= 0.3 is 35.8 Å². The van der Waals surface area contributed by atoms with Crippen LogP contribution in [0.15, 0.2) is 156 Å². The molecular weight excluding hydrogens is 1080 g/mol. The number of oxime groups is 2. The van der Waals surface area contributed by atoms with Gasteiger partial charge in [-0.25, -0.2) is 28.8 Å². The topological polar surface area (TPSA) is 265 Å². The predicted molar refractivity (Wildman–Crippen MR) is 301 cm³/mol. The first kappa shape index (κ1) is 63.8. The Morgan fingerprint density at radius 3 is 0.963 bits per heavy atom. The van der Waals surface area contributed by atoms with Crippen LogP contribution in [0, 0.1) is 41.5 Å². The molecule has 0 aliphatic rings. The van der Waals surface area contributed by atoms with Crippen molar-refractivity contribution in [3.8, 4) is 0 Å². The van der Waals surface area contributed by atoms with E-state index >= 15 is 0 Å². The molecule has 0 unspecified atom stereocenters. The molecule has 0 aromatic heterocycles. The molecule has 0 aliphatic heterocycles. The highest BCUT2D eigenvalue weighted by molar-refractivity contribution is 7.86. The maximum absolute atomic E-state index is 13.2. The van der Waals surface area contributed by atoms with Crippen LogP contribution in [0.3, 0.4) is 0 Å². The van der Waals surface area contributed by atoms with Crippen LogP contribution in [0.2, 0.25) is 0 Å². The third-order valence-corrected chi connectivity index (χ3v) is 12.4. The average molecular weight is 1150 g/mol. The van der Waals surface area contributed by atoms with Gasteiger partial charge in [-0.3, -0.25) is 4.18 Å². The Labute approximate surface area is 475 Å². The van der Waals surface area contributed by atoms with Gasteiger partial charge in [0.2, 0.25) is 0 Å². The zero-order valence-corrected chi connectivity index (χ0v) is 47.4. The maximum atomic E-state index is 13.2. The summed E-state index contributed by atoms with van der Waals surface area (Å²) in [5, 5.41) is 18.4. The monoisotopic (exact) mass is 1140 g/mol. The lowest BCUT2D eigenvalue weighted by molar-refractivity contribution is -0.0784. The molecule has 6 atom stereocenters. The first-order valence-corrected chi connectivity index (χ1v) is 27.1. The number of hydrogen-bond acceptors (Lipinski definition) is 20. The normalized spacial score (nSPS) is 13.4. The number of carbonyl (C=O) groups excluding carboxylic acids is 6. The van der Waals surface area contributed by atoms with Crippen LogP contribution in [0.4, 0.5) is 0 Å². The molecule has 0 aliphatic carbocycles. The molecule has 6 rings (SSSR count). The lowest BCUT2D eigenvalue weighted by atomic mass is 10.1. The van der Waals surface area contributed by atoms with E-state index in [0.29, 0.717) is 0 Å². The van der Waals surface area contributed by atoms with Gasteiger partial charge in [0, 0.05) is 0 Å². The summed E-state index contributed by atoms with van der Waals surface area (Å²) >= 11 is 0. The lowest BCUT2D eigenvalue weighted by Crippen LogP contribution is -2.48. The summed E-state index contributed by atoms with van der Waals surface area (Å²) in [6.45, 7) is 9.88. The smallest absolute Gasteiger partial charge is 0.338 e. The van der Waals surface area contributed by atoms with Crippen molar-refractivity contribution in [3.63, 3.8) is 0 Å². The number of carbonyl (C=O) groups is 6. The fourth-order valence-electron chi connectivity index (χ4n) is 7.21. The van der Waals surface area contributed by atoms with Crippen LogP contribution in [-0.4, -0.2) is 132 Å². The molecule has 1 N–H and O–H groups in total. The molecule has 0 heterocycles. The number of rotatable bonds is 24. The molecule has 82 heavy (non-hydrogen) atoms. The van der Waals surface area contributed by atoms with E-state index in [1.54, 1.807) is 109 Å². The highest BCUT2D eigenvalue weighted by Gasteiger charge is 2.40. The van der Waals surface area contributed by atoms with Crippen molar-refractivity contribution in [2.45, 2.75) is 78.2 Å². The second-order valence-corrected chi connectivity index (χ2v) is 20.3. The minimum absolute atomic E-state index is 0.123. The number of benzene rings is 6. The molecule has 21 heteroatoms. The predicted octanol–water partition coefficient (Wildman–Crippen LogP) is 8.41. The van der Waals surface area contributed by atoms with Crippen molar-refractivity contribution in [1.29, 1.82) is 0 Å². The minimum atomic E-state index is -4.23. The molecule has 0 radical (unpaired) electrons. The SMILES string of the molecule is CON=C[C@@H](OC(=O)c1ccc(C)cc1)[C@H](OC(=O)c1ccc(C)cc1)[C@@H](COC(=O)c1ccc(C)cc1)OS(C)(=O)=O.CON=C[C@@H](OC(=O)c1ccc(C)cc1)[C@H](OC(=O)c1ccc(C)cc1)[C@H](O)COC(=O)c1ccc(C)cc1. The minimum Gasteiger partial charge on any atom is -0.459 e. The lowest BCUT2D eigenvalue weighted by Gasteiger charge is -2.30. The van der Waals surface area contributed by atoms with Crippen LogP contribution >= 0.6 is 0 Å². The van der Waals surface area contributed by atoms with Crippen molar-refractivity contribution in [3.05, 3.63) is 212 Å². The van der Waals surface area contributed by atoms with E-state index in [1.165, 1.54) is 50.6 Å². The van der Waals surface area contributed by atoms with Crippen LogP contribution in [0.1, 0.15) is 95.5 Å². The van der Waals surface area contributed by atoms with Gasteiger partial charge in [0.1, 0.15) is 33.5 Å². The Hall–Kier alpha value is -9.05. The first-order chi connectivity index (χ1) is 39.0. The number of aryl methyl sites for hydroxylation is 6. The Morgan fingerprint density at radius 1 is 0.415 bits per heavy atom. The van der Waals surface area contributed by atoms with E-state index in [9.17, 15) is 42.3 Å². The van der Waals surface area contributed by atoms with Gasteiger partial charge in [0.25, 0.3) is 10.1 Å². The van der Waals surface area contributed by atoms with E-state index in [-0.39, 0.29) is 33.4 Å². The Kier molecular flexibility index (Phi) is 24.2. The summed E-state index contributed by atoms with van der Waals surface area (Å²) in [6.07, 6.45) is -6.50. The van der Waals surface area contributed by atoms with Gasteiger partial charge in [0.15, 0.2) is 30.5 Å². The molecule has 6 aromatic carbocycles. The Morgan fingerprint density at radius 2 is 0.671 bits per heavy atom. The van der Waals surface area contributed by atoms with Crippen molar-refractivity contribution < 1.29 is 84.6 Å². The molecule has 0 saturated heterocycles. The number of aliphatic hydroxyl groups excluding tert-OH is 1. The maximum Gasteiger partial charge on any atom is 0.338 e. The Balaban J connectivity index is 0.000000302. The number of aliphatic hydroxyl groups is 1. The van der Waals surface area contributed by atoms with Gasteiger partial charge in [-0.15, -0.1) is 0 Å². The number of hydrogen-bond donors (Lipinski definition) is 1. The quantitative estimate of drug-likeness (QED) is 0.0196. The fourth-order valence-corrected chi connectivity index (χ4v) is 7.83. The number of ether oxygens (including phenoxy) is 6. The van der Waals surface area contributed by atoms with E-state index in [4.69, 9.17) is 42.3 Å². The summed E-state index contributed by atoms with van der Waals surface area (Å²) in [5.74, 6) is -4.73. The second kappa shape index (κ2) is 31.1. The third-order valence-electron chi connectivity index (χ3n) is 11.8. The van der Waals surface area contributed by atoms with Crippen LogP contribution < -0.4 is 0 Å². The summed E-state index contributed by atoms with van der Waals surface area (Å²) in [5.41, 5.74) is 6.74. The summed E-state index contributed by atoms with van der Waals surface area (Å²) < 4.78 is 63.1.